The van der Waals surface area contributed by atoms with Crippen LogP contribution in [0.3, 0.4) is 0 Å². The van der Waals surface area contributed by atoms with Gasteiger partial charge in [-0.1, -0.05) is 6.08 Å². The fourth-order valence-corrected chi connectivity index (χ4v) is 1.09. The van der Waals surface area contributed by atoms with Gasteiger partial charge in [0, 0.05) is 0 Å². The Morgan fingerprint density at radius 2 is 2.42 bits per heavy atom. The Labute approximate surface area is 72.3 Å². The standard InChI is InChI=1S/C9H13NO2/c1-2-12-9(11)8-10-6-4-3-5-7-10/h3-6H,2,7-8H2,1H3/p+1. The van der Waals surface area contributed by atoms with E-state index in [0.29, 0.717) is 13.2 Å². The predicted octanol–water partition coefficient (Wildman–Crippen LogP) is -0.482. The number of carbonyl (C=O) groups is 1. The maximum atomic E-state index is 11.0. The number of quaternary nitrogens is 1. The smallest absolute Gasteiger partial charge is 0.362 e. The Kier molecular flexibility index (Phi) is 3.54. The molecule has 0 aromatic heterocycles. The minimum absolute atomic E-state index is 0.132. The molecule has 1 heterocycles. The summed E-state index contributed by atoms with van der Waals surface area (Å²) in [6, 6.07) is 0. The van der Waals surface area contributed by atoms with Gasteiger partial charge < -0.3 is 4.74 Å². The van der Waals surface area contributed by atoms with Crippen molar-refractivity contribution in [3.8, 4) is 0 Å². The highest BCUT2D eigenvalue weighted by atomic mass is 16.5. The number of hydrogen-bond acceptors (Lipinski definition) is 2. The van der Waals surface area contributed by atoms with Crippen molar-refractivity contribution >= 4 is 5.97 Å². The van der Waals surface area contributed by atoms with E-state index in [1.165, 1.54) is 0 Å². The fraction of sp³-hybridized carbons (Fsp3) is 0.444. The zero-order valence-corrected chi connectivity index (χ0v) is 7.25. The SMILES string of the molecule is CCOC(=O)C[NH+]1C=CC=CC1. The molecule has 0 spiro atoms. The normalized spacial score (nSPS) is 20.9. The lowest BCUT2D eigenvalue weighted by molar-refractivity contribution is -0.833. The zero-order valence-electron chi connectivity index (χ0n) is 7.25. The molecule has 0 saturated carbocycles. The summed E-state index contributed by atoms with van der Waals surface area (Å²) in [7, 11) is 0. The summed E-state index contributed by atoms with van der Waals surface area (Å²) < 4.78 is 4.83. The number of esters is 1. The van der Waals surface area contributed by atoms with Crippen molar-refractivity contribution in [3.05, 3.63) is 24.4 Å². The first kappa shape index (κ1) is 9.00. The molecule has 0 aliphatic carbocycles. The summed E-state index contributed by atoms with van der Waals surface area (Å²) in [5, 5.41) is 0. The summed E-state index contributed by atoms with van der Waals surface area (Å²) in [5.41, 5.74) is 0. The maximum absolute atomic E-state index is 11.0. The second-order valence-electron chi connectivity index (χ2n) is 2.63. The quantitative estimate of drug-likeness (QED) is 0.577. The van der Waals surface area contributed by atoms with Crippen LogP contribution in [0.15, 0.2) is 24.4 Å². The van der Waals surface area contributed by atoms with Gasteiger partial charge in [-0.2, -0.15) is 0 Å². The van der Waals surface area contributed by atoms with Gasteiger partial charge in [0.05, 0.1) is 12.8 Å². The molecule has 1 rings (SSSR count). The molecule has 0 saturated heterocycles. The molecule has 0 aromatic carbocycles. The molecule has 0 amide bonds. The summed E-state index contributed by atoms with van der Waals surface area (Å²) >= 11 is 0. The van der Waals surface area contributed by atoms with Crippen LogP contribution in [-0.4, -0.2) is 25.7 Å². The minimum Gasteiger partial charge on any atom is -0.462 e. The summed E-state index contributed by atoms with van der Waals surface area (Å²) in [4.78, 5) is 12.1. The van der Waals surface area contributed by atoms with E-state index in [2.05, 4.69) is 0 Å². The molecule has 0 fully saturated rings. The van der Waals surface area contributed by atoms with Crippen molar-refractivity contribution in [1.82, 2.24) is 0 Å². The highest BCUT2D eigenvalue weighted by Gasteiger charge is 2.11. The van der Waals surface area contributed by atoms with E-state index in [1.54, 1.807) is 0 Å². The topological polar surface area (TPSA) is 30.7 Å². The van der Waals surface area contributed by atoms with Gasteiger partial charge >= 0.3 is 5.97 Å². The van der Waals surface area contributed by atoms with Crippen LogP contribution in [0.1, 0.15) is 6.92 Å². The van der Waals surface area contributed by atoms with E-state index in [9.17, 15) is 4.79 Å². The largest absolute Gasteiger partial charge is 0.462 e. The maximum Gasteiger partial charge on any atom is 0.362 e. The van der Waals surface area contributed by atoms with E-state index in [0.717, 1.165) is 11.4 Å². The number of allylic oxidation sites excluding steroid dienone is 2. The third kappa shape index (κ3) is 2.88. The van der Waals surface area contributed by atoms with Crippen LogP contribution in [0.4, 0.5) is 0 Å². The molecular weight excluding hydrogens is 154 g/mol. The number of carbonyl (C=O) groups excluding carboxylic acids is 1. The number of rotatable bonds is 3. The summed E-state index contributed by atoms with van der Waals surface area (Å²) in [6.07, 6.45) is 7.93. The van der Waals surface area contributed by atoms with Crippen molar-refractivity contribution in [2.24, 2.45) is 0 Å². The Balaban J connectivity index is 2.27. The molecule has 12 heavy (non-hydrogen) atoms. The van der Waals surface area contributed by atoms with Gasteiger partial charge in [-0.15, -0.1) is 0 Å². The van der Waals surface area contributed by atoms with Crippen LogP contribution in [0.25, 0.3) is 0 Å². The van der Waals surface area contributed by atoms with Gasteiger partial charge in [-0.3, -0.25) is 4.90 Å². The third-order valence-electron chi connectivity index (χ3n) is 1.64. The lowest BCUT2D eigenvalue weighted by atomic mass is 10.3. The van der Waals surface area contributed by atoms with Crippen LogP contribution in [-0.2, 0) is 9.53 Å². The van der Waals surface area contributed by atoms with Gasteiger partial charge in [-0.05, 0) is 19.1 Å². The Morgan fingerprint density at radius 1 is 1.58 bits per heavy atom. The van der Waals surface area contributed by atoms with Gasteiger partial charge in [0.25, 0.3) is 0 Å². The highest BCUT2D eigenvalue weighted by molar-refractivity contribution is 5.70. The van der Waals surface area contributed by atoms with E-state index >= 15 is 0 Å². The van der Waals surface area contributed by atoms with Crippen molar-refractivity contribution in [2.45, 2.75) is 6.92 Å². The number of nitrogens with one attached hydrogen (secondary N) is 1. The molecule has 3 heteroatoms. The molecule has 1 unspecified atom stereocenters. The minimum atomic E-state index is -0.132. The molecule has 1 N–H and O–H groups in total. The molecule has 3 nitrogen and oxygen atoms in total. The predicted molar refractivity (Wildman–Crippen MR) is 45.6 cm³/mol. The number of hydrogen-bond donors (Lipinski definition) is 1. The van der Waals surface area contributed by atoms with Crippen LogP contribution in [0, 0.1) is 0 Å². The Bertz CT molecular complexity index is 209. The van der Waals surface area contributed by atoms with Crippen molar-refractivity contribution in [2.75, 3.05) is 19.7 Å². The van der Waals surface area contributed by atoms with Crippen LogP contribution < -0.4 is 4.90 Å². The monoisotopic (exact) mass is 168 g/mol. The lowest BCUT2D eigenvalue weighted by Gasteiger charge is -2.13. The zero-order chi connectivity index (χ0) is 8.81. The van der Waals surface area contributed by atoms with Crippen LogP contribution >= 0.6 is 0 Å². The third-order valence-corrected chi connectivity index (χ3v) is 1.64. The van der Waals surface area contributed by atoms with Crippen LogP contribution in [0.5, 0.6) is 0 Å². The van der Waals surface area contributed by atoms with Crippen LogP contribution in [0.2, 0.25) is 0 Å². The van der Waals surface area contributed by atoms with E-state index in [-0.39, 0.29) is 5.97 Å². The molecule has 1 atom stereocenters. The van der Waals surface area contributed by atoms with E-state index in [1.807, 2.05) is 31.4 Å². The second-order valence-corrected chi connectivity index (χ2v) is 2.63. The average Bonchev–Trinajstić information content (AvgIpc) is 2.06. The van der Waals surface area contributed by atoms with Crippen molar-refractivity contribution in [1.29, 1.82) is 0 Å². The molecule has 66 valence electrons. The first-order chi connectivity index (χ1) is 5.83. The first-order valence-corrected chi connectivity index (χ1v) is 4.16. The molecule has 0 aromatic rings. The van der Waals surface area contributed by atoms with Gasteiger partial charge in [-0.25, -0.2) is 4.79 Å². The molecule has 1 aliphatic heterocycles. The van der Waals surface area contributed by atoms with Crippen molar-refractivity contribution in [3.63, 3.8) is 0 Å². The van der Waals surface area contributed by atoms with Crippen molar-refractivity contribution < 1.29 is 14.4 Å². The van der Waals surface area contributed by atoms with Gasteiger partial charge in [0.2, 0.25) is 0 Å². The second kappa shape index (κ2) is 4.72. The Morgan fingerprint density at radius 3 is 3.00 bits per heavy atom. The van der Waals surface area contributed by atoms with E-state index in [4.69, 9.17) is 4.74 Å². The lowest BCUT2D eigenvalue weighted by Crippen LogP contribution is -3.08. The average molecular weight is 168 g/mol. The number of ether oxygens (including phenoxy) is 1. The summed E-state index contributed by atoms with van der Waals surface area (Å²) in [5.74, 6) is -0.132. The van der Waals surface area contributed by atoms with Gasteiger partial charge in [0.15, 0.2) is 6.54 Å². The fourth-order valence-electron chi connectivity index (χ4n) is 1.09. The van der Waals surface area contributed by atoms with E-state index < -0.39 is 0 Å². The molecular formula is C9H14NO2+. The highest BCUT2D eigenvalue weighted by Crippen LogP contribution is 1.78. The Hall–Kier alpha value is -1.09. The first-order valence-electron chi connectivity index (χ1n) is 4.16. The van der Waals surface area contributed by atoms with Gasteiger partial charge in [0.1, 0.15) is 6.54 Å². The summed E-state index contributed by atoms with van der Waals surface area (Å²) in [6.45, 7) is 3.58. The molecule has 0 radical (unpaired) electrons. The molecule has 1 aliphatic rings. The molecule has 0 bridgehead atoms.